The van der Waals surface area contributed by atoms with Crippen molar-refractivity contribution in [2.75, 3.05) is 17.7 Å². The Labute approximate surface area is 167 Å². The summed E-state index contributed by atoms with van der Waals surface area (Å²) < 4.78 is 10.3. The molecule has 7 heteroatoms. The van der Waals surface area contributed by atoms with E-state index in [4.69, 9.17) is 9.15 Å². The van der Waals surface area contributed by atoms with Crippen molar-refractivity contribution in [3.63, 3.8) is 0 Å². The minimum atomic E-state index is -0.331. The summed E-state index contributed by atoms with van der Waals surface area (Å²) in [4.78, 5) is 25.4. The molecule has 1 atom stereocenters. The van der Waals surface area contributed by atoms with Crippen molar-refractivity contribution in [3.05, 3.63) is 72.7 Å². The van der Waals surface area contributed by atoms with Crippen molar-refractivity contribution in [1.82, 2.24) is 0 Å². The SMILES string of the molecule is COc1cccc(NC(=O)C(C)Sc2cccc(NC(=O)c3ccco3)c2)c1. The van der Waals surface area contributed by atoms with E-state index in [1.165, 1.54) is 18.0 Å². The van der Waals surface area contributed by atoms with Crippen molar-refractivity contribution in [1.29, 1.82) is 0 Å². The number of thioether (sulfide) groups is 1. The number of furan rings is 1. The van der Waals surface area contributed by atoms with Gasteiger partial charge in [-0.2, -0.15) is 0 Å². The van der Waals surface area contributed by atoms with Crippen LogP contribution < -0.4 is 15.4 Å². The van der Waals surface area contributed by atoms with E-state index < -0.39 is 0 Å². The van der Waals surface area contributed by atoms with Gasteiger partial charge in [-0.3, -0.25) is 9.59 Å². The molecular formula is C21H20N2O4S. The van der Waals surface area contributed by atoms with E-state index in [0.29, 0.717) is 17.1 Å². The van der Waals surface area contributed by atoms with Gasteiger partial charge in [-0.25, -0.2) is 0 Å². The molecule has 0 radical (unpaired) electrons. The second-order valence-electron chi connectivity index (χ2n) is 5.94. The molecule has 1 aromatic heterocycles. The van der Waals surface area contributed by atoms with Crippen molar-refractivity contribution in [2.45, 2.75) is 17.1 Å². The zero-order valence-electron chi connectivity index (χ0n) is 15.5. The van der Waals surface area contributed by atoms with E-state index in [0.717, 1.165) is 4.90 Å². The molecule has 2 amide bonds. The number of ether oxygens (including phenoxy) is 1. The number of amides is 2. The van der Waals surface area contributed by atoms with Crippen LogP contribution in [0.1, 0.15) is 17.5 Å². The highest BCUT2D eigenvalue weighted by molar-refractivity contribution is 8.00. The monoisotopic (exact) mass is 396 g/mol. The Morgan fingerprint density at radius 2 is 1.75 bits per heavy atom. The van der Waals surface area contributed by atoms with E-state index >= 15 is 0 Å². The molecule has 1 unspecified atom stereocenters. The lowest BCUT2D eigenvalue weighted by Gasteiger charge is -2.13. The van der Waals surface area contributed by atoms with Gasteiger partial charge in [0.1, 0.15) is 5.75 Å². The van der Waals surface area contributed by atoms with Crippen LogP contribution in [0.2, 0.25) is 0 Å². The Hall–Kier alpha value is -3.19. The molecule has 0 aliphatic heterocycles. The fourth-order valence-electron chi connectivity index (χ4n) is 2.45. The average molecular weight is 396 g/mol. The molecule has 28 heavy (non-hydrogen) atoms. The zero-order chi connectivity index (χ0) is 19.9. The van der Waals surface area contributed by atoms with Gasteiger partial charge in [0.25, 0.3) is 5.91 Å². The molecule has 0 fully saturated rings. The van der Waals surface area contributed by atoms with Crippen molar-refractivity contribution in [2.24, 2.45) is 0 Å². The van der Waals surface area contributed by atoms with Gasteiger partial charge in [-0.05, 0) is 49.4 Å². The minimum Gasteiger partial charge on any atom is -0.497 e. The Kier molecular flexibility index (Phi) is 6.39. The predicted molar refractivity (Wildman–Crippen MR) is 110 cm³/mol. The maximum Gasteiger partial charge on any atom is 0.291 e. The lowest BCUT2D eigenvalue weighted by Crippen LogP contribution is -2.22. The topological polar surface area (TPSA) is 80.6 Å². The molecule has 0 saturated heterocycles. The highest BCUT2D eigenvalue weighted by Crippen LogP contribution is 2.27. The smallest absolute Gasteiger partial charge is 0.291 e. The minimum absolute atomic E-state index is 0.122. The number of rotatable bonds is 7. The molecule has 0 spiro atoms. The third-order valence-corrected chi connectivity index (χ3v) is 4.95. The summed E-state index contributed by atoms with van der Waals surface area (Å²) in [6, 6.07) is 17.8. The van der Waals surface area contributed by atoms with E-state index in [9.17, 15) is 9.59 Å². The zero-order valence-corrected chi connectivity index (χ0v) is 16.3. The molecule has 3 rings (SSSR count). The fraction of sp³-hybridized carbons (Fsp3) is 0.143. The van der Waals surface area contributed by atoms with Gasteiger partial charge in [0.05, 0.1) is 18.6 Å². The van der Waals surface area contributed by atoms with Crippen LogP contribution in [0.3, 0.4) is 0 Å². The van der Waals surface area contributed by atoms with Crippen LogP contribution in [-0.2, 0) is 4.79 Å². The Bertz CT molecular complexity index is 957. The fourth-order valence-corrected chi connectivity index (χ4v) is 3.38. The molecular weight excluding hydrogens is 376 g/mol. The molecule has 6 nitrogen and oxygen atoms in total. The van der Waals surface area contributed by atoms with Crippen LogP contribution >= 0.6 is 11.8 Å². The largest absolute Gasteiger partial charge is 0.497 e. The first-order chi connectivity index (χ1) is 13.5. The van der Waals surface area contributed by atoms with E-state index in [1.54, 1.807) is 31.4 Å². The summed E-state index contributed by atoms with van der Waals surface area (Å²) >= 11 is 1.40. The second-order valence-corrected chi connectivity index (χ2v) is 7.35. The van der Waals surface area contributed by atoms with Gasteiger partial charge in [0.15, 0.2) is 5.76 Å². The predicted octanol–water partition coefficient (Wildman–Crippen LogP) is 4.66. The van der Waals surface area contributed by atoms with E-state index in [1.807, 2.05) is 43.3 Å². The van der Waals surface area contributed by atoms with Gasteiger partial charge in [-0.1, -0.05) is 12.1 Å². The molecule has 144 valence electrons. The van der Waals surface area contributed by atoms with Crippen molar-refractivity contribution < 1.29 is 18.7 Å². The molecule has 0 aliphatic rings. The van der Waals surface area contributed by atoms with Gasteiger partial charge in [0, 0.05) is 22.3 Å². The first-order valence-corrected chi connectivity index (χ1v) is 9.49. The van der Waals surface area contributed by atoms with Gasteiger partial charge in [-0.15, -0.1) is 11.8 Å². The van der Waals surface area contributed by atoms with Gasteiger partial charge in [0.2, 0.25) is 5.91 Å². The number of methoxy groups -OCH3 is 1. The average Bonchev–Trinajstić information content (AvgIpc) is 3.23. The van der Waals surface area contributed by atoms with Gasteiger partial charge < -0.3 is 19.8 Å². The molecule has 0 saturated carbocycles. The summed E-state index contributed by atoms with van der Waals surface area (Å²) in [5.41, 5.74) is 1.31. The second kappa shape index (κ2) is 9.14. The Morgan fingerprint density at radius 3 is 2.46 bits per heavy atom. The summed E-state index contributed by atoms with van der Waals surface area (Å²) in [5.74, 6) is 0.474. The maximum atomic E-state index is 12.5. The van der Waals surface area contributed by atoms with Crippen LogP contribution in [0.5, 0.6) is 5.75 Å². The molecule has 0 aliphatic carbocycles. The number of benzene rings is 2. The molecule has 3 aromatic rings. The number of nitrogens with one attached hydrogen (secondary N) is 2. The van der Waals surface area contributed by atoms with Crippen LogP contribution in [-0.4, -0.2) is 24.2 Å². The standard InChI is InChI=1S/C21H20N2O4S/c1-14(20(24)22-15-6-3-8-17(12-15)26-2)28-18-9-4-7-16(13-18)23-21(25)19-10-5-11-27-19/h3-14H,1-2H3,(H,22,24)(H,23,25). The Morgan fingerprint density at radius 1 is 1.00 bits per heavy atom. The number of hydrogen-bond donors (Lipinski definition) is 2. The summed E-state index contributed by atoms with van der Waals surface area (Å²) in [6.45, 7) is 1.83. The molecule has 1 heterocycles. The first kappa shape index (κ1) is 19.6. The summed E-state index contributed by atoms with van der Waals surface area (Å²) in [7, 11) is 1.58. The highest BCUT2D eigenvalue weighted by Gasteiger charge is 2.16. The normalized spacial score (nSPS) is 11.5. The van der Waals surface area contributed by atoms with Crippen molar-refractivity contribution in [3.8, 4) is 5.75 Å². The highest BCUT2D eigenvalue weighted by atomic mass is 32.2. The van der Waals surface area contributed by atoms with Crippen LogP contribution in [0.25, 0.3) is 0 Å². The third-order valence-electron chi connectivity index (χ3n) is 3.86. The molecule has 2 aromatic carbocycles. The summed E-state index contributed by atoms with van der Waals surface area (Å²) in [5, 5.41) is 5.33. The van der Waals surface area contributed by atoms with Crippen molar-refractivity contribution >= 4 is 35.0 Å². The van der Waals surface area contributed by atoms with Crippen LogP contribution in [0.4, 0.5) is 11.4 Å². The lowest BCUT2D eigenvalue weighted by atomic mass is 10.3. The lowest BCUT2D eigenvalue weighted by molar-refractivity contribution is -0.115. The number of hydrogen-bond acceptors (Lipinski definition) is 5. The number of anilines is 2. The third kappa shape index (κ3) is 5.17. The molecule has 0 bridgehead atoms. The van der Waals surface area contributed by atoms with Crippen LogP contribution in [0, 0.1) is 0 Å². The quantitative estimate of drug-likeness (QED) is 0.568. The number of carbonyl (C=O) groups is 2. The van der Waals surface area contributed by atoms with E-state index in [-0.39, 0.29) is 22.8 Å². The maximum absolute atomic E-state index is 12.5. The van der Waals surface area contributed by atoms with E-state index in [2.05, 4.69) is 10.6 Å². The van der Waals surface area contributed by atoms with Gasteiger partial charge >= 0.3 is 0 Å². The molecule has 2 N–H and O–H groups in total. The Balaban J connectivity index is 1.61. The number of carbonyl (C=O) groups excluding carboxylic acids is 2. The summed E-state index contributed by atoms with van der Waals surface area (Å²) in [6.07, 6.45) is 1.45. The van der Waals surface area contributed by atoms with Crippen LogP contribution in [0.15, 0.2) is 76.2 Å². The first-order valence-electron chi connectivity index (χ1n) is 8.61.